The third-order valence-electron chi connectivity index (χ3n) is 4.57. The monoisotopic (exact) mass is 320 g/mol. The minimum atomic E-state index is -0.666. The SMILES string of the molecule is CC1(C)Cc2c(F)cccc2N(c2cnc3ccccc3c2)C1=O. The predicted molar refractivity (Wildman–Crippen MR) is 92.8 cm³/mol. The molecule has 1 aromatic heterocycles. The number of para-hydroxylation sites is 1. The van der Waals surface area contributed by atoms with Crippen molar-refractivity contribution < 1.29 is 9.18 Å². The number of amides is 1. The average Bonchev–Trinajstić information content (AvgIpc) is 2.57. The smallest absolute Gasteiger partial charge is 0.237 e. The highest BCUT2D eigenvalue weighted by molar-refractivity contribution is 6.07. The zero-order chi connectivity index (χ0) is 16.9. The number of pyridine rings is 1. The van der Waals surface area contributed by atoms with Crippen LogP contribution in [0.1, 0.15) is 19.4 Å². The van der Waals surface area contributed by atoms with Gasteiger partial charge >= 0.3 is 0 Å². The van der Waals surface area contributed by atoms with Gasteiger partial charge in [-0.15, -0.1) is 0 Å². The van der Waals surface area contributed by atoms with Gasteiger partial charge in [-0.1, -0.05) is 38.1 Å². The lowest BCUT2D eigenvalue weighted by Gasteiger charge is -2.38. The van der Waals surface area contributed by atoms with Crippen LogP contribution in [0.15, 0.2) is 54.7 Å². The predicted octanol–water partition coefficient (Wildman–Crippen LogP) is 4.62. The molecule has 3 aromatic rings. The fourth-order valence-electron chi connectivity index (χ4n) is 3.30. The number of anilines is 2. The van der Waals surface area contributed by atoms with E-state index in [4.69, 9.17) is 0 Å². The van der Waals surface area contributed by atoms with Crippen LogP contribution in [0.5, 0.6) is 0 Å². The highest BCUT2D eigenvalue weighted by Gasteiger charge is 2.40. The fraction of sp³-hybridized carbons (Fsp3) is 0.200. The lowest BCUT2D eigenvalue weighted by Crippen LogP contribution is -2.44. The summed E-state index contributed by atoms with van der Waals surface area (Å²) in [5.74, 6) is -0.315. The maximum Gasteiger partial charge on any atom is 0.237 e. The number of nitrogens with zero attached hydrogens (tertiary/aromatic N) is 2. The molecule has 2 heterocycles. The van der Waals surface area contributed by atoms with E-state index in [1.807, 2.05) is 44.2 Å². The highest BCUT2D eigenvalue weighted by atomic mass is 19.1. The summed E-state index contributed by atoms with van der Waals surface area (Å²) in [6, 6.07) is 14.5. The highest BCUT2D eigenvalue weighted by Crippen LogP contribution is 2.42. The van der Waals surface area contributed by atoms with Crippen LogP contribution in [0, 0.1) is 11.2 Å². The summed E-state index contributed by atoms with van der Waals surface area (Å²) in [4.78, 5) is 19.1. The Morgan fingerprint density at radius 1 is 1.12 bits per heavy atom. The molecule has 0 N–H and O–H groups in total. The van der Waals surface area contributed by atoms with Crippen LogP contribution >= 0.6 is 0 Å². The molecule has 0 fully saturated rings. The fourth-order valence-corrected chi connectivity index (χ4v) is 3.30. The minimum absolute atomic E-state index is 0.0438. The number of carbonyl (C=O) groups is 1. The molecule has 0 saturated heterocycles. The molecule has 0 bridgehead atoms. The van der Waals surface area contributed by atoms with Gasteiger partial charge in [-0.05, 0) is 30.7 Å². The van der Waals surface area contributed by atoms with Crippen LogP contribution in [0.4, 0.5) is 15.8 Å². The van der Waals surface area contributed by atoms with Gasteiger partial charge in [0.15, 0.2) is 0 Å². The number of carbonyl (C=O) groups excluding carboxylic acids is 1. The molecule has 2 aromatic carbocycles. The van der Waals surface area contributed by atoms with E-state index < -0.39 is 5.41 Å². The molecule has 0 spiro atoms. The third-order valence-corrected chi connectivity index (χ3v) is 4.57. The quantitative estimate of drug-likeness (QED) is 0.655. The Hall–Kier alpha value is -2.75. The number of aromatic nitrogens is 1. The Labute approximate surface area is 139 Å². The van der Waals surface area contributed by atoms with Crippen molar-refractivity contribution in [2.24, 2.45) is 5.41 Å². The molecule has 4 rings (SSSR count). The second-order valence-corrected chi connectivity index (χ2v) is 6.82. The van der Waals surface area contributed by atoms with E-state index in [1.54, 1.807) is 23.2 Å². The Kier molecular flexibility index (Phi) is 3.17. The molecule has 0 atom stereocenters. The molecule has 0 radical (unpaired) electrons. The summed E-state index contributed by atoms with van der Waals surface area (Å²) in [6.07, 6.45) is 2.07. The molecule has 0 unspecified atom stereocenters. The van der Waals surface area contributed by atoms with Crippen molar-refractivity contribution in [2.75, 3.05) is 4.90 Å². The van der Waals surface area contributed by atoms with Gasteiger partial charge in [0.1, 0.15) is 5.82 Å². The Morgan fingerprint density at radius 2 is 1.92 bits per heavy atom. The largest absolute Gasteiger partial charge is 0.279 e. The molecule has 120 valence electrons. The average molecular weight is 320 g/mol. The van der Waals surface area contributed by atoms with Crippen LogP contribution in [0.2, 0.25) is 0 Å². The summed E-state index contributed by atoms with van der Waals surface area (Å²) < 4.78 is 14.3. The van der Waals surface area contributed by atoms with E-state index in [0.29, 0.717) is 23.4 Å². The van der Waals surface area contributed by atoms with Crippen molar-refractivity contribution in [2.45, 2.75) is 20.3 Å². The Balaban J connectivity index is 1.95. The standard InChI is InChI=1S/C20H17FN2O/c1-20(2)11-15-16(21)7-5-9-18(15)23(19(20)24)14-10-13-6-3-4-8-17(13)22-12-14/h3-10,12H,11H2,1-2H3. The molecule has 1 aliphatic heterocycles. The maximum absolute atomic E-state index is 14.3. The molecular weight excluding hydrogens is 303 g/mol. The molecule has 4 heteroatoms. The minimum Gasteiger partial charge on any atom is -0.279 e. The molecule has 1 aliphatic rings. The summed E-state index contributed by atoms with van der Waals surface area (Å²) in [7, 11) is 0. The third kappa shape index (κ3) is 2.18. The van der Waals surface area contributed by atoms with Crippen LogP contribution < -0.4 is 4.90 Å². The van der Waals surface area contributed by atoms with Gasteiger partial charge in [0.2, 0.25) is 5.91 Å². The van der Waals surface area contributed by atoms with Crippen molar-refractivity contribution in [1.29, 1.82) is 0 Å². The first kappa shape index (κ1) is 14.8. The van der Waals surface area contributed by atoms with Gasteiger partial charge in [0.25, 0.3) is 0 Å². The van der Waals surface area contributed by atoms with Crippen molar-refractivity contribution >= 4 is 28.2 Å². The van der Waals surface area contributed by atoms with Gasteiger partial charge in [0, 0.05) is 16.4 Å². The van der Waals surface area contributed by atoms with Crippen molar-refractivity contribution in [3.63, 3.8) is 0 Å². The van der Waals surface area contributed by atoms with Gasteiger partial charge in [-0.3, -0.25) is 14.7 Å². The Bertz CT molecular complexity index is 965. The van der Waals surface area contributed by atoms with Crippen LogP contribution in [-0.4, -0.2) is 10.9 Å². The molecular formula is C20H17FN2O. The van der Waals surface area contributed by atoms with Gasteiger partial charge in [0.05, 0.1) is 23.1 Å². The van der Waals surface area contributed by atoms with E-state index in [-0.39, 0.29) is 11.7 Å². The van der Waals surface area contributed by atoms with Crippen molar-refractivity contribution in [3.8, 4) is 0 Å². The number of halogens is 1. The zero-order valence-electron chi connectivity index (χ0n) is 13.6. The van der Waals surface area contributed by atoms with Crippen molar-refractivity contribution in [3.05, 3.63) is 66.1 Å². The number of benzene rings is 2. The second kappa shape index (κ2) is 5.13. The molecule has 3 nitrogen and oxygen atoms in total. The Morgan fingerprint density at radius 3 is 2.75 bits per heavy atom. The van der Waals surface area contributed by atoms with Crippen LogP contribution in [0.25, 0.3) is 10.9 Å². The zero-order valence-corrected chi connectivity index (χ0v) is 13.6. The number of hydrogen-bond donors (Lipinski definition) is 0. The first-order valence-corrected chi connectivity index (χ1v) is 7.94. The first-order valence-electron chi connectivity index (χ1n) is 7.94. The summed E-state index contributed by atoms with van der Waals surface area (Å²) in [6.45, 7) is 3.71. The number of fused-ring (bicyclic) bond motifs is 2. The molecule has 1 amide bonds. The van der Waals surface area contributed by atoms with E-state index in [2.05, 4.69) is 4.98 Å². The number of rotatable bonds is 1. The normalized spacial score (nSPS) is 16.3. The van der Waals surface area contributed by atoms with Crippen LogP contribution in [0.3, 0.4) is 0 Å². The maximum atomic E-state index is 14.3. The van der Waals surface area contributed by atoms with Crippen molar-refractivity contribution in [1.82, 2.24) is 4.98 Å². The second-order valence-electron chi connectivity index (χ2n) is 6.82. The first-order chi connectivity index (χ1) is 11.5. The number of hydrogen-bond acceptors (Lipinski definition) is 2. The molecule has 0 aliphatic carbocycles. The summed E-state index contributed by atoms with van der Waals surface area (Å²) >= 11 is 0. The van der Waals surface area contributed by atoms with Gasteiger partial charge in [-0.25, -0.2) is 4.39 Å². The van der Waals surface area contributed by atoms with E-state index >= 15 is 0 Å². The lowest BCUT2D eigenvalue weighted by atomic mass is 9.80. The molecule has 0 saturated carbocycles. The van der Waals surface area contributed by atoms with Gasteiger partial charge in [-0.2, -0.15) is 0 Å². The lowest BCUT2D eigenvalue weighted by molar-refractivity contribution is -0.126. The van der Waals surface area contributed by atoms with E-state index in [9.17, 15) is 9.18 Å². The van der Waals surface area contributed by atoms with E-state index in [1.165, 1.54) is 6.07 Å². The van der Waals surface area contributed by atoms with Crippen LogP contribution in [-0.2, 0) is 11.2 Å². The molecule has 24 heavy (non-hydrogen) atoms. The summed E-state index contributed by atoms with van der Waals surface area (Å²) in [5, 5.41) is 0.948. The summed E-state index contributed by atoms with van der Waals surface area (Å²) in [5.41, 5.74) is 2.05. The van der Waals surface area contributed by atoms with E-state index in [0.717, 1.165) is 10.9 Å². The van der Waals surface area contributed by atoms with Gasteiger partial charge < -0.3 is 0 Å². The topological polar surface area (TPSA) is 33.2 Å².